The molecule has 0 saturated heterocycles. The highest BCUT2D eigenvalue weighted by molar-refractivity contribution is 6.08. The Morgan fingerprint density at radius 2 is 1.67 bits per heavy atom. The number of hydrogen-bond acceptors (Lipinski definition) is 7. The summed E-state index contributed by atoms with van der Waals surface area (Å²) >= 11 is 0. The minimum atomic E-state index is -1.44. The summed E-state index contributed by atoms with van der Waals surface area (Å²) in [7, 11) is 1.37. The van der Waals surface area contributed by atoms with E-state index in [-0.39, 0.29) is 39.7 Å². The first-order chi connectivity index (χ1) is 20.1. The van der Waals surface area contributed by atoms with Crippen LogP contribution in [0.1, 0.15) is 63.9 Å². The van der Waals surface area contributed by atoms with Crippen LogP contribution in [0.4, 0.5) is 0 Å². The maximum absolute atomic E-state index is 14.5. The monoisotopic (exact) mass is 561 g/mol. The number of benzene rings is 2. The zero-order chi connectivity index (χ0) is 30.3. The molecule has 1 aromatic heterocycles. The highest BCUT2D eigenvalue weighted by atomic mass is 16.5. The number of hydrogen-bond donors (Lipinski definition) is 2. The molecule has 1 heterocycles. The van der Waals surface area contributed by atoms with Crippen LogP contribution >= 0.6 is 0 Å². The molecule has 5 rings (SSSR count). The van der Waals surface area contributed by atoms with E-state index in [2.05, 4.69) is 26.0 Å². The van der Waals surface area contributed by atoms with Crippen molar-refractivity contribution in [3.8, 4) is 34.4 Å². The summed E-state index contributed by atoms with van der Waals surface area (Å²) in [4.78, 5) is 27.9. The van der Waals surface area contributed by atoms with Gasteiger partial charge in [0.15, 0.2) is 17.3 Å². The molecule has 2 aromatic carbocycles. The summed E-state index contributed by atoms with van der Waals surface area (Å²) in [5.41, 5.74) is 4.28. The smallest absolute Gasteiger partial charge is 0.343 e. The van der Waals surface area contributed by atoms with E-state index in [4.69, 9.17) is 9.15 Å². The number of rotatable bonds is 7. The quantitative estimate of drug-likeness (QED) is 0.159. The number of aryl methyl sites for hydroxylation is 2. The Morgan fingerprint density at radius 3 is 2.36 bits per heavy atom. The Hall–Kier alpha value is -5.09. The molecule has 0 saturated carbocycles. The molecule has 0 fully saturated rings. The van der Waals surface area contributed by atoms with E-state index >= 15 is 0 Å². The van der Waals surface area contributed by atoms with Crippen LogP contribution in [0.15, 0.2) is 75.9 Å². The molecule has 42 heavy (non-hydrogen) atoms. The molecule has 212 valence electrons. The van der Waals surface area contributed by atoms with E-state index in [0.717, 1.165) is 27.8 Å². The van der Waals surface area contributed by atoms with E-state index in [1.54, 1.807) is 30.3 Å². The van der Waals surface area contributed by atoms with Gasteiger partial charge in [0.1, 0.15) is 17.3 Å². The number of carbonyl (C=O) groups excluding carboxylic acids is 1. The number of phenols is 1. The van der Waals surface area contributed by atoms with Gasteiger partial charge >= 0.3 is 5.63 Å². The lowest BCUT2D eigenvalue weighted by atomic mass is 9.77. The van der Waals surface area contributed by atoms with Gasteiger partial charge in [0.25, 0.3) is 0 Å². The largest absolute Gasteiger partial charge is 0.507 e. The number of methoxy groups -OCH3 is 1. The predicted octanol–water partition coefficient (Wildman–Crippen LogP) is 7.21. The average molecular weight is 562 g/mol. The highest BCUT2D eigenvalue weighted by Crippen LogP contribution is 2.44. The first kappa shape index (κ1) is 28.4. The fourth-order valence-corrected chi connectivity index (χ4v) is 5.74. The van der Waals surface area contributed by atoms with Gasteiger partial charge in [-0.3, -0.25) is 4.79 Å². The SMILES string of the molecule is COc1cc(C(c2c(O)c3ccccc3oc2=O)C(C#N)C(=O)c2cc(C)c3ccc(C(C)C)cc(C)c2-3)ccc1O. The van der Waals surface area contributed by atoms with Gasteiger partial charge in [-0.05, 0) is 83.5 Å². The zero-order valence-electron chi connectivity index (χ0n) is 24.1. The molecule has 2 N–H and O–H groups in total. The number of para-hydroxylation sites is 1. The van der Waals surface area contributed by atoms with E-state index in [1.807, 2.05) is 26.0 Å². The second-order valence-electron chi connectivity index (χ2n) is 10.9. The zero-order valence-corrected chi connectivity index (χ0v) is 24.1. The molecule has 7 heteroatoms. The molecular formula is C35H31NO6. The minimum Gasteiger partial charge on any atom is -0.507 e. The Morgan fingerprint density at radius 1 is 0.952 bits per heavy atom. The van der Waals surface area contributed by atoms with Gasteiger partial charge in [-0.1, -0.05) is 50.2 Å². The molecule has 0 radical (unpaired) electrons. The Balaban J connectivity index is 1.78. The van der Waals surface area contributed by atoms with Crippen LogP contribution in [-0.2, 0) is 0 Å². The normalized spacial score (nSPS) is 12.8. The molecule has 0 amide bonds. The van der Waals surface area contributed by atoms with Crippen LogP contribution in [-0.4, -0.2) is 23.1 Å². The number of phenolic OH excluding ortho intramolecular Hbond substituents is 1. The highest BCUT2D eigenvalue weighted by Gasteiger charge is 2.38. The number of nitriles is 1. The van der Waals surface area contributed by atoms with Crippen molar-refractivity contribution in [2.45, 2.75) is 39.5 Å². The Labute approximate surface area is 243 Å². The number of fused-ring (bicyclic) bond motifs is 2. The van der Waals surface area contributed by atoms with Crippen LogP contribution in [0, 0.1) is 31.1 Å². The van der Waals surface area contributed by atoms with Crippen molar-refractivity contribution in [1.82, 2.24) is 0 Å². The van der Waals surface area contributed by atoms with E-state index in [0.29, 0.717) is 11.1 Å². The van der Waals surface area contributed by atoms with E-state index < -0.39 is 23.2 Å². The Kier molecular flexibility index (Phi) is 7.49. The average Bonchev–Trinajstić information content (AvgIpc) is 3.19. The van der Waals surface area contributed by atoms with Crippen LogP contribution in [0.5, 0.6) is 17.2 Å². The van der Waals surface area contributed by atoms with E-state index in [1.165, 1.54) is 25.3 Å². The lowest BCUT2D eigenvalue weighted by molar-refractivity contribution is 0.0940. The number of nitrogens with zero attached hydrogens (tertiary/aromatic N) is 1. The topological polar surface area (TPSA) is 121 Å². The number of carbonyl (C=O) groups is 1. The fraction of sp³-hybridized carbons (Fsp3) is 0.229. The second kappa shape index (κ2) is 11.1. The third-order valence-corrected chi connectivity index (χ3v) is 7.93. The van der Waals surface area contributed by atoms with Crippen molar-refractivity contribution in [2.75, 3.05) is 7.11 Å². The maximum Gasteiger partial charge on any atom is 0.343 e. The molecule has 0 spiro atoms. The molecule has 2 unspecified atom stereocenters. The first-order valence-electron chi connectivity index (χ1n) is 13.7. The number of ether oxygens (including phenoxy) is 1. The predicted molar refractivity (Wildman–Crippen MR) is 161 cm³/mol. The van der Waals surface area contributed by atoms with E-state index in [9.17, 15) is 25.1 Å². The van der Waals surface area contributed by atoms with Gasteiger partial charge in [0.2, 0.25) is 0 Å². The first-order valence-corrected chi connectivity index (χ1v) is 13.7. The minimum absolute atomic E-state index is 0.0880. The summed E-state index contributed by atoms with van der Waals surface area (Å²) in [6, 6.07) is 20.8. The van der Waals surface area contributed by atoms with Gasteiger partial charge in [0.05, 0.1) is 24.1 Å². The Bertz CT molecular complexity index is 1910. The van der Waals surface area contributed by atoms with Crippen molar-refractivity contribution in [2.24, 2.45) is 5.92 Å². The van der Waals surface area contributed by atoms with Crippen LogP contribution in [0.2, 0.25) is 0 Å². The van der Waals surface area contributed by atoms with Crippen LogP contribution in [0.3, 0.4) is 0 Å². The molecular weight excluding hydrogens is 530 g/mol. The molecule has 0 bridgehead atoms. The molecule has 3 aromatic rings. The number of ketones is 1. The van der Waals surface area contributed by atoms with Crippen molar-refractivity contribution in [1.29, 1.82) is 5.26 Å². The summed E-state index contributed by atoms with van der Waals surface area (Å²) in [6.07, 6.45) is 0. The number of Topliss-reactive ketones (excluding diaryl/α,β-unsaturated/α-hetero) is 1. The molecule has 2 atom stereocenters. The summed E-state index contributed by atoms with van der Waals surface area (Å²) in [6.45, 7) is 8.06. The van der Waals surface area contributed by atoms with Gasteiger partial charge in [-0.2, -0.15) is 5.26 Å². The third-order valence-electron chi connectivity index (χ3n) is 7.93. The van der Waals surface area contributed by atoms with Crippen LogP contribution < -0.4 is 10.4 Å². The van der Waals surface area contributed by atoms with Crippen LogP contribution in [0.25, 0.3) is 22.1 Å². The molecule has 2 aliphatic rings. The van der Waals surface area contributed by atoms with Gasteiger partial charge in [0, 0.05) is 11.5 Å². The lowest BCUT2D eigenvalue weighted by Gasteiger charge is -2.23. The van der Waals surface area contributed by atoms with Crippen molar-refractivity contribution in [3.63, 3.8) is 0 Å². The van der Waals surface area contributed by atoms with Crippen molar-refractivity contribution < 1.29 is 24.2 Å². The summed E-state index contributed by atoms with van der Waals surface area (Å²) < 4.78 is 10.9. The summed E-state index contributed by atoms with van der Waals surface area (Å²) in [5, 5.41) is 32.5. The lowest BCUT2D eigenvalue weighted by Crippen LogP contribution is -2.26. The maximum atomic E-state index is 14.5. The van der Waals surface area contributed by atoms with Gasteiger partial charge in [-0.15, -0.1) is 0 Å². The second-order valence-corrected chi connectivity index (χ2v) is 10.9. The number of aromatic hydroxyl groups is 2. The van der Waals surface area contributed by atoms with Crippen molar-refractivity contribution >= 4 is 16.8 Å². The molecule has 2 aliphatic carbocycles. The fourth-order valence-electron chi connectivity index (χ4n) is 5.74. The molecule has 7 nitrogen and oxygen atoms in total. The third kappa shape index (κ3) is 4.75. The van der Waals surface area contributed by atoms with Crippen molar-refractivity contribution in [3.05, 3.63) is 111 Å². The summed E-state index contributed by atoms with van der Waals surface area (Å²) in [5.74, 6) is -3.35. The standard InChI is InChI=1S/C35H31NO6/c1-18(2)21-10-12-23-19(3)15-25(30(23)20(4)14-21)33(38)26(17-36)31(22-11-13-27(37)29(16-22)41-5)32-34(39)24-8-6-7-9-28(24)42-35(32)40/h6-16,18,26,31,37,39H,1-5H3. The van der Waals surface area contributed by atoms with Gasteiger partial charge in [-0.25, -0.2) is 4.79 Å². The van der Waals surface area contributed by atoms with Gasteiger partial charge < -0.3 is 19.4 Å². The molecule has 0 aliphatic heterocycles.